The summed E-state index contributed by atoms with van der Waals surface area (Å²) in [5.41, 5.74) is 6.40. The third kappa shape index (κ3) is 2.13. The molecule has 3 heteroatoms. The van der Waals surface area contributed by atoms with Crippen LogP contribution in [0, 0.1) is 17.8 Å². The number of nitrogens with zero attached hydrogens (tertiary/aromatic N) is 1. The van der Waals surface area contributed by atoms with Crippen molar-refractivity contribution in [3.63, 3.8) is 0 Å². The molecule has 6 atom stereocenters. The van der Waals surface area contributed by atoms with Gasteiger partial charge < -0.3 is 10.5 Å². The molecule has 98 valence electrons. The van der Waals surface area contributed by atoms with E-state index in [1.54, 1.807) is 0 Å². The monoisotopic (exact) mass is 238 g/mol. The Morgan fingerprint density at radius 3 is 2.71 bits per heavy atom. The molecule has 3 aliphatic rings. The molecule has 2 saturated carbocycles. The van der Waals surface area contributed by atoms with Crippen LogP contribution in [0.1, 0.15) is 33.1 Å². The van der Waals surface area contributed by atoms with Crippen LogP contribution in [0.2, 0.25) is 0 Å². The summed E-state index contributed by atoms with van der Waals surface area (Å²) >= 11 is 0. The first-order valence-electron chi connectivity index (χ1n) is 7.26. The predicted octanol–water partition coefficient (Wildman–Crippen LogP) is 1.47. The number of hydrogen-bond acceptors (Lipinski definition) is 3. The molecule has 3 rings (SSSR count). The maximum Gasteiger partial charge on any atom is 0.0674 e. The lowest BCUT2D eigenvalue weighted by Crippen LogP contribution is -2.52. The SMILES string of the molecule is CC1CN(CC2C3CCC(C3)C2N)C(C)CO1. The van der Waals surface area contributed by atoms with Crippen molar-refractivity contribution in [1.82, 2.24) is 4.90 Å². The Morgan fingerprint density at radius 1 is 1.24 bits per heavy atom. The average molecular weight is 238 g/mol. The Labute approximate surface area is 105 Å². The van der Waals surface area contributed by atoms with Crippen LogP contribution in [0.5, 0.6) is 0 Å². The summed E-state index contributed by atoms with van der Waals surface area (Å²) in [6, 6.07) is 1.04. The van der Waals surface area contributed by atoms with E-state index in [4.69, 9.17) is 10.5 Å². The number of ether oxygens (including phenoxy) is 1. The Balaban J connectivity index is 1.62. The summed E-state index contributed by atoms with van der Waals surface area (Å²) in [5, 5.41) is 0. The topological polar surface area (TPSA) is 38.5 Å². The zero-order valence-electron chi connectivity index (χ0n) is 11.1. The molecule has 3 nitrogen and oxygen atoms in total. The van der Waals surface area contributed by atoms with Crippen LogP contribution >= 0.6 is 0 Å². The van der Waals surface area contributed by atoms with Crippen LogP contribution < -0.4 is 5.73 Å². The molecule has 0 spiro atoms. The Kier molecular flexibility index (Phi) is 3.18. The number of morpholine rings is 1. The van der Waals surface area contributed by atoms with E-state index in [1.165, 1.54) is 25.8 Å². The van der Waals surface area contributed by atoms with Crippen LogP contribution in [0.4, 0.5) is 0 Å². The predicted molar refractivity (Wildman–Crippen MR) is 68.7 cm³/mol. The molecule has 0 radical (unpaired) electrons. The number of nitrogens with two attached hydrogens (primary N) is 1. The normalized spacial score (nSPS) is 51.0. The molecule has 6 unspecified atom stereocenters. The molecule has 2 aliphatic carbocycles. The van der Waals surface area contributed by atoms with Gasteiger partial charge in [0.05, 0.1) is 12.7 Å². The fourth-order valence-electron chi connectivity index (χ4n) is 4.22. The first-order chi connectivity index (χ1) is 8.15. The highest BCUT2D eigenvalue weighted by Crippen LogP contribution is 2.48. The minimum Gasteiger partial charge on any atom is -0.376 e. The standard InChI is InChI=1S/C14H26N2O/c1-9-8-17-10(2)6-16(9)7-13-11-3-4-12(5-11)14(13)15/h9-14H,3-8,15H2,1-2H3. The Bertz CT molecular complexity index is 281. The highest BCUT2D eigenvalue weighted by Gasteiger charge is 2.46. The van der Waals surface area contributed by atoms with Gasteiger partial charge in [-0.05, 0) is 50.9 Å². The zero-order valence-corrected chi connectivity index (χ0v) is 11.1. The van der Waals surface area contributed by atoms with E-state index in [0.717, 1.165) is 30.9 Å². The maximum atomic E-state index is 6.40. The van der Waals surface area contributed by atoms with Gasteiger partial charge in [-0.1, -0.05) is 0 Å². The lowest BCUT2D eigenvalue weighted by molar-refractivity contribution is -0.0575. The second kappa shape index (κ2) is 4.52. The molecular weight excluding hydrogens is 212 g/mol. The number of hydrogen-bond donors (Lipinski definition) is 1. The molecule has 0 amide bonds. The fraction of sp³-hybridized carbons (Fsp3) is 1.00. The average Bonchev–Trinajstić information content (AvgIpc) is 2.87. The van der Waals surface area contributed by atoms with E-state index < -0.39 is 0 Å². The summed E-state index contributed by atoms with van der Waals surface area (Å²) in [7, 11) is 0. The Morgan fingerprint density at radius 2 is 2.00 bits per heavy atom. The van der Waals surface area contributed by atoms with Crippen molar-refractivity contribution in [2.75, 3.05) is 19.7 Å². The van der Waals surface area contributed by atoms with E-state index in [-0.39, 0.29) is 0 Å². The smallest absolute Gasteiger partial charge is 0.0674 e. The third-order valence-corrected chi connectivity index (χ3v) is 5.34. The molecule has 2 N–H and O–H groups in total. The summed E-state index contributed by atoms with van der Waals surface area (Å²) in [4.78, 5) is 2.61. The molecule has 17 heavy (non-hydrogen) atoms. The van der Waals surface area contributed by atoms with Crippen molar-refractivity contribution in [2.45, 2.75) is 51.3 Å². The molecular formula is C14H26N2O. The van der Waals surface area contributed by atoms with Gasteiger partial charge in [0.15, 0.2) is 0 Å². The third-order valence-electron chi connectivity index (χ3n) is 5.34. The van der Waals surface area contributed by atoms with Gasteiger partial charge in [0.2, 0.25) is 0 Å². The molecule has 1 saturated heterocycles. The minimum atomic E-state index is 0.390. The quantitative estimate of drug-likeness (QED) is 0.792. The summed E-state index contributed by atoms with van der Waals surface area (Å²) in [5.74, 6) is 2.50. The van der Waals surface area contributed by atoms with Crippen molar-refractivity contribution in [2.24, 2.45) is 23.5 Å². The molecule has 0 aromatic rings. The highest BCUT2D eigenvalue weighted by molar-refractivity contribution is 5.00. The van der Waals surface area contributed by atoms with Gasteiger partial charge in [0, 0.05) is 25.2 Å². The fourth-order valence-corrected chi connectivity index (χ4v) is 4.22. The van der Waals surface area contributed by atoms with Gasteiger partial charge in [-0.3, -0.25) is 4.90 Å². The minimum absolute atomic E-state index is 0.390. The lowest BCUT2D eigenvalue weighted by atomic mass is 9.84. The van der Waals surface area contributed by atoms with Crippen LogP contribution in [-0.2, 0) is 4.74 Å². The van der Waals surface area contributed by atoms with Gasteiger partial charge >= 0.3 is 0 Å². The lowest BCUT2D eigenvalue weighted by Gasteiger charge is -2.41. The van der Waals surface area contributed by atoms with Gasteiger partial charge in [0.1, 0.15) is 0 Å². The summed E-state index contributed by atoms with van der Waals surface area (Å²) in [6.45, 7) is 7.64. The van der Waals surface area contributed by atoms with Gasteiger partial charge in [-0.15, -0.1) is 0 Å². The van der Waals surface area contributed by atoms with Gasteiger partial charge in [-0.2, -0.15) is 0 Å². The molecule has 0 aromatic carbocycles. The van der Waals surface area contributed by atoms with E-state index in [9.17, 15) is 0 Å². The summed E-state index contributed by atoms with van der Waals surface area (Å²) < 4.78 is 5.70. The largest absolute Gasteiger partial charge is 0.376 e. The molecule has 2 bridgehead atoms. The van der Waals surface area contributed by atoms with Crippen molar-refractivity contribution in [1.29, 1.82) is 0 Å². The van der Waals surface area contributed by atoms with Crippen LogP contribution in [0.3, 0.4) is 0 Å². The number of rotatable bonds is 2. The van der Waals surface area contributed by atoms with E-state index >= 15 is 0 Å². The first kappa shape index (κ1) is 11.9. The second-order valence-corrected chi connectivity index (χ2v) is 6.52. The van der Waals surface area contributed by atoms with Crippen molar-refractivity contribution >= 4 is 0 Å². The highest BCUT2D eigenvalue weighted by atomic mass is 16.5. The molecule has 3 fully saturated rings. The van der Waals surface area contributed by atoms with Crippen molar-refractivity contribution < 1.29 is 4.74 Å². The molecule has 0 aromatic heterocycles. The van der Waals surface area contributed by atoms with E-state index in [2.05, 4.69) is 18.7 Å². The van der Waals surface area contributed by atoms with Crippen LogP contribution in [0.15, 0.2) is 0 Å². The van der Waals surface area contributed by atoms with Crippen molar-refractivity contribution in [3.05, 3.63) is 0 Å². The Hall–Kier alpha value is -0.120. The van der Waals surface area contributed by atoms with Crippen molar-refractivity contribution in [3.8, 4) is 0 Å². The zero-order chi connectivity index (χ0) is 12.0. The second-order valence-electron chi connectivity index (χ2n) is 6.52. The molecule has 1 heterocycles. The van der Waals surface area contributed by atoms with Gasteiger partial charge in [-0.25, -0.2) is 0 Å². The number of fused-ring (bicyclic) bond motifs is 2. The van der Waals surface area contributed by atoms with E-state index in [1.807, 2.05) is 0 Å². The maximum absolute atomic E-state index is 6.40. The van der Waals surface area contributed by atoms with Crippen LogP contribution in [-0.4, -0.2) is 42.8 Å². The van der Waals surface area contributed by atoms with E-state index in [0.29, 0.717) is 18.2 Å². The van der Waals surface area contributed by atoms with Crippen LogP contribution in [0.25, 0.3) is 0 Å². The molecule has 1 aliphatic heterocycles. The summed E-state index contributed by atoms with van der Waals surface area (Å²) in [6.07, 6.45) is 4.61. The van der Waals surface area contributed by atoms with Gasteiger partial charge in [0.25, 0.3) is 0 Å². The first-order valence-corrected chi connectivity index (χ1v) is 7.26.